The first-order valence-electron chi connectivity index (χ1n) is 18.0. The molecule has 0 unspecified atom stereocenters. The Bertz CT molecular complexity index is 2860. The molecule has 53 heavy (non-hydrogen) atoms. The third-order valence-corrected chi connectivity index (χ3v) is 10.1. The van der Waals surface area contributed by atoms with Crippen LogP contribution in [-0.4, -0.2) is 0 Å². The van der Waals surface area contributed by atoms with Crippen LogP contribution >= 0.6 is 0 Å². The van der Waals surface area contributed by atoms with Crippen LogP contribution in [0.15, 0.2) is 211 Å². The van der Waals surface area contributed by atoms with Gasteiger partial charge in [-0.3, -0.25) is 0 Å². The van der Waals surface area contributed by atoms with Crippen molar-refractivity contribution in [1.82, 2.24) is 0 Å². The first-order chi connectivity index (χ1) is 26.1. The van der Waals surface area contributed by atoms with Gasteiger partial charge in [-0.05, 0) is 116 Å². The lowest BCUT2D eigenvalue weighted by Crippen LogP contribution is -2.14. The highest BCUT2D eigenvalue weighted by molar-refractivity contribution is 6.19. The number of hydrogen-bond donors (Lipinski definition) is 0. The molecule has 0 aliphatic carbocycles. The zero-order chi connectivity index (χ0) is 35.7. The van der Waals surface area contributed by atoms with Gasteiger partial charge in [-0.1, -0.05) is 146 Å². The maximum Gasteiger partial charge on any atom is 0.136 e. The molecular formula is C51H37NO. The Morgan fingerprint density at radius 2 is 1.15 bits per heavy atom. The van der Waals surface area contributed by atoms with Gasteiger partial charge < -0.3 is 9.32 Å². The van der Waals surface area contributed by atoms with Crippen molar-refractivity contribution in [2.75, 3.05) is 4.90 Å². The van der Waals surface area contributed by atoms with E-state index < -0.39 is 0 Å². The van der Waals surface area contributed by atoms with Crippen molar-refractivity contribution in [1.29, 1.82) is 0 Å². The smallest absolute Gasteiger partial charge is 0.136 e. The molecule has 0 radical (unpaired) electrons. The van der Waals surface area contributed by atoms with Gasteiger partial charge in [-0.2, -0.15) is 0 Å². The Morgan fingerprint density at radius 1 is 0.491 bits per heavy atom. The normalized spacial score (nSPS) is 12.0. The number of allylic oxidation sites excluding steroid dienone is 5. The van der Waals surface area contributed by atoms with Crippen LogP contribution in [0.2, 0.25) is 0 Å². The minimum absolute atomic E-state index is 0.914. The van der Waals surface area contributed by atoms with Gasteiger partial charge in [0.05, 0.1) is 0 Å². The van der Waals surface area contributed by atoms with Crippen LogP contribution in [0.25, 0.3) is 76.9 Å². The molecular weight excluding hydrogens is 643 g/mol. The monoisotopic (exact) mass is 679 g/mol. The average molecular weight is 680 g/mol. The predicted molar refractivity (Wildman–Crippen MR) is 227 cm³/mol. The van der Waals surface area contributed by atoms with Crippen LogP contribution in [0.4, 0.5) is 11.4 Å². The molecule has 252 valence electrons. The molecule has 0 saturated heterocycles. The molecule has 9 rings (SSSR count). The Kier molecular flexibility index (Phi) is 8.26. The van der Waals surface area contributed by atoms with Crippen LogP contribution in [0.5, 0.6) is 0 Å². The number of fused-ring (bicyclic) bond motifs is 6. The van der Waals surface area contributed by atoms with Crippen LogP contribution in [0.3, 0.4) is 0 Å². The fourth-order valence-corrected chi connectivity index (χ4v) is 7.59. The van der Waals surface area contributed by atoms with E-state index in [0.717, 1.165) is 33.6 Å². The summed E-state index contributed by atoms with van der Waals surface area (Å²) in [5.41, 5.74) is 12.2. The van der Waals surface area contributed by atoms with E-state index in [0.29, 0.717) is 0 Å². The Labute approximate surface area is 309 Å². The van der Waals surface area contributed by atoms with E-state index >= 15 is 0 Å². The zero-order valence-corrected chi connectivity index (χ0v) is 29.5. The number of rotatable bonds is 8. The molecule has 8 aromatic carbocycles. The summed E-state index contributed by atoms with van der Waals surface area (Å²) in [6, 6.07) is 61.0. The molecule has 0 aliphatic heterocycles. The van der Waals surface area contributed by atoms with E-state index in [-0.39, 0.29) is 0 Å². The van der Waals surface area contributed by atoms with Gasteiger partial charge in [0, 0.05) is 27.8 Å². The quantitative estimate of drug-likeness (QED) is 0.149. The van der Waals surface area contributed by atoms with Crippen LogP contribution < -0.4 is 4.90 Å². The summed E-state index contributed by atoms with van der Waals surface area (Å²) < 4.78 is 6.20. The molecule has 1 heterocycles. The maximum absolute atomic E-state index is 6.20. The van der Waals surface area contributed by atoms with Gasteiger partial charge in [0.2, 0.25) is 0 Å². The summed E-state index contributed by atoms with van der Waals surface area (Å²) in [6.07, 6.45) is 7.96. The van der Waals surface area contributed by atoms with E-state index in [2.05, 4.69) is 182 Å². The minimum atomic E-state index is 0.914. The zero-order valence-electron chi connectivity index (χ0n) is 29.5. The van der Waals surface area contributed by atoms with Crippen LogP contribution in [0, 0.1) is 0 Å². The molecule has 2 nitrogen and oxygen atoms in total. The van der Waals surface area contributed by atoms with Crippen molar-refractivity contribution in [2.24, 2.45) is 0 Å². The second-order valence-corrected chi connectivity index (χ2v) is 13.4. The van der Waals surface area contributed by atoms with Crippen molar-refractivity contribution in [3.05, 3.63) is 206 Å². The number of furan rings is 1. The number of hydrogen-bond acceptors (Lipinski definition) is 2. The van der Waals surface area contributed by atoms with E-state index in [9.17, 15) is 0 Å². The Hall–Kier alpha value is -6.90. The molecule has 0 fully saturated rings. The first kappa shape index (κ1) is 32.0. The van der Waals surface area contributed by atoms with Crippen molar-refractivity contribution in [3.63, 3.8) is 0 Å². The lowest BCUT2D eigenvalue weighted by atomic mass is 9.91. The molecule has 2 heteroatoms. The largest absolute Gasteiger partial charge is 0.456 e. The number of para-hydroxylation sites is 1. The first-order valence-corrected chi connectivity index (χ1v) is 18.0. The second kappa shape index (κ2) is 13.7. The number of anilines is 2. The molecule has 0 atom stereocenters. The topological polar surface area (TPSA) is 16.4 Å². The number of benzene rings is 8. The summed E-state index contributed by atoms with van der Waals surface area (Å²) in [6.45, 7) is 6.04. The highest BCUT2D eigenvalue weighted by Crippen LogP contribution is 2.42. The van der Waals surface area contributed by atoms with Gasteiger partial charge in [-0.15, -0.1) is 0 Å². The summed E-state index contributed by atoms with van der Waals surface area (Å²) in [5, 5.41) is 7.09. The molecule has 0 amide bonds. The molecule has 0 N–H and O–H groups in total. The van der Waals surface area contributed by atoms with Gasteiger partial charge in [-0.25, -0.2) is 0 Å². The lowest BCUT2D eigenvalue weighted by molar-refractivity contribution is 0.669. The fourth-order valence-electron chi connectivity index (χ4n) is 7.59. The average Bonchev–Trinajstić information content (AvgIpc) is 3.60. The van der Waals surface area contributed by atoms with Gasteiger partial charge in [0.1, 0.15) is 11.2 Å². The van der Waals surface area contributed by atoms with Crippen molar-refractivity contribution in [2.45, 2.75) is 6.92 Å². The molecule has 0 aliphatic rings. The third kappa shape index (κ3) is 6.01. The fraction of sp³-hybridized carbons (Fsp3) is 0.0196. The van der Waals surface area contributed by atoms with Crippen molar-refractivity contribution in [3.8, 4) is 33.4 Å². The molecule has 0 spiro atoms. The maximum atomic E-state index is 6.20. The standard InChI is InChI=1S/C51H37NO/c1-3-4-7-14-35(2)52(43-26-23-39-31-38(21-22-40(39)33-43)36-15-8-5-9-16-36)44-27-29-45(48(34-44)37-17-10-6-11-18-37)41-24-28-46-42(32-41)25-30-50-51(46)47-19-12-13-20-49(47)53-50/h3-34H,1H2,2H3/b7-4-,35-14+. The van der Waals surface area contributed by atoms with E-state index in [1.165, 1.54) is 60.3 Å². The third-order valence-electron chi connectivity index (χ3n) is 10.1. The van der Waals surface area contributed by atoms with Gasteiger partial charge >= 0.3 is 0 Å². The van der Waals surface area contributed by atoms with E-state index in [1.54, 1.807) is 6.08 Å². The minimum Gasteiger partial charge on any atom is -0.456 e. The molecule has 1 aromatic heterocycles. The SMILES string of the molecule is C=C/C=C\C=C(/C)N(c1ccc(-c2ccc3c(ccc4oc5ccccc5c43)c2)c(-c2ccccc2)c1)c1ccc2cc(-c3ccccc3)ccc2c1. The predicted octanol–water partition coefficient (Wildman–Crippen LogP) is 14.7. The summed E-state index contributed by atoms with van der Waals surface area (Å²) in [5.74, 6) is 0. The molecule has 0 saturated carbocycles. The molecule has 9 aromatic rings. The highest BCUT2D eigenvalue weighted by atomic mass is 16.3. The Balaban J connectivity index is 1.18. The van der Waals surface area contributed by atoms with Crippen molar-refractivity contribution < 1.29 is 4.42 Å². The summed E-state index contributed by atoms with van der Waals surface area (Å²) in [7, 11) is 0. The summed E-state index contributed by atoms with van der Waals surface area (Å²) in [4.78, 5) is 2.34. The van der Waals surface area contributed by atoms with Crippen LogP contribution in [0.1, 0.15) is 6.92 Å². The second-order valence-electron chi connectivity index (χ2n) is 13.4. The Morgan fingerprint density at radius 3 is 1.98 bits per heavy atom. The molecule has 0 bridgehead atoms. The van der Waals surface area contributed by atoms with Crippen LogP contribution in [-0.2, 0) is 0 Å². The number of nitrogens with zero attached hydrogens (tertiary/aromatic N) is 1. The summed E-state index contributed by atoms with van der Waals surface area (Å²) >= 11 is 0. The van der Waals surface area contributed by atoms with E-state index in [1.807, 2.05) is 24.3 Å². The van der Waals surface area contributed by atoms with Crippen molar-refractivity contribution >= 4 is 54.9 Å². The van der Waals surface area contributed by atoms with Gasteiger partial charge in [0.25, 0.3) is 0 Å². The van der Waals surface area contributed by atoms with E-state index in [4.69, 9.17) is 4.42 Å². The van der Waals surface area contributed by atoms with Gasteiger partial charge in [0.15, 0.2) is 0 Å². The lowest BCUT2D eigenvalue weighted by Gasteiger charge is -2.27. The highest BCUT2D eigenvalue weighted by Gasteiger charge is 2.18.